The third-order valence-electron chi connectivity index (χ3n) is 1.85. The maximum Gasteiger partial charge on any atom is 0.356 e. The molecular weight excluding hydrogens is 196 g/mol. The fourth-order valence-electron chi connectivity index (χ4n) is 1.21. The van der Waals surface area contributed by atoms with Crippen molar-refractivity contribution in [2.75, 3.05) is 0 Å². The highest BCUT2D eigenvalue weighted by Gasteiger charge is 2.14. The summed E-state index contributed by atoms with van der Waals surface area (Å²) in [5.74, 6) is -1.09. The van der Waals surface area contributed by atoms with Crippen LogP contribution in [0.5, 0.6) is 0 Å². The maximum atomic E-state index is 10.9. The molecule has 0 unspecified atom stereocenters. The first-order chi connectivity index (χ1) is 7.18. The monoisotopic (exact) mass is 204 g/mol. The number of rotatable bonds is 2. The average molecular weight is 204 g/mol. The summed E-state index contributed by atoms with van der Waals surface area (Å²) in [4.78, 5) is 16.1. The zero-order valence-corrected chi connectivity index (χ0v) is 7.95. The number of aromatic carboxylic acids is 1. The number of aryl methyl sites for hydroxylation is 1. The molecule has 6 heteroatoms. The predicted molar refractivity (Wildman–Crippen MR) is 50.9 cm³/mol. The van der Waals surface area contributed by atoms with E-state index in [1.165, 1.54) is 17.2 Å². The third-order valence-corrected chi connectivity index (χ3v) is 1.85. The highest BCUT2D eigenvalue weighted by atomic mass is 16.4. The second kappa shape index (κ2) is 3.49. The molecule has 2 aromatic rings. The number of carboxylic acid groups (broad SMARTS) is 1. The van der Waals surface area contributed by atoms with Crippen molar-refractivity contribution in [1.29, 1.82) is 0 Å². The van der Waals surface area contributed by atoms with Crippen molar-refractivity contribution < 1.29 is 9.90 Å². The summed E-state index contributed by atoms with van der Waals surface area (Å²) in [6.07, 6.45) is 2.96. The first-order valence-corrected chi connectivity index (χ1v) is 4.26. The van der Waals surface area contributed by atoms with E-state index in [0.29, 0.717) is 11.4 Å². The minimum Gasteiger partial charge on any atom is -0.476 e. The van der Waals surface area contributed by atoms with Crippen molar-refractivity contribution in [3.8, 4) is 5.69 Å². The van der Waals surface area contributed by atoms with Gasteiger partial charge in [-0.25, -0.2) is 9.78 Å². The van der Waals surface area contributed by atoms with Crippen molar-refractivity contribution in [3.05, 3.63) is 35.9 Å². The Morgan fingerprint density at radius 3 is 2.60 bits per heavy atom. The molecule has 0 spiro atoms. The van der Waals surface area contributed by atoms with Gasteiger partial charge in [0.25, 0.3) is 0 Å². The van der Waals surface area contributed by atoms with Crippen LogP contribution in [0.2, 0.25) is 0 Å². The Hall–Kier alpha value is -2.24. The molecule has 0 bridgehead atoms. The van der Waals surface area contributed by atoms with Gasteiger partial charge in [-0.15, -0.1) is 4.80 Å². The quantitative estimate of drug-likeness (QED) is 0.777. The third kappa shape index (κ3) is 1.69. The lowest BCUT2D eigenvalue weighted by atomic mass is 10.2. The molecule has 0 atom stereocenters. The fourth-order valence-corrected chi connectivity index (χ4v) is 1.21. The van der Waals surface area contributed by atoms with E-state index >= 15 is 0 Å². The zero-order valence-electron chi connectivity index (χ0n) is 7.95. The summed E-state index contributed by atoms with van der Waals surface area (Å²) in [5.41, 5.74) is 0.951. The van der Waals surface area contributed by atoms with Gasteiger partial charge in [0.1, 0.15) is 5.69 Å². The number of hydrogen-bond donors (Lipinski definition) is 1. The molecular formula is C9H8N4O2. The second-order valence-corrected chi connectivity index (χ2v) is 2.94. The van der Waals surface area contributed by atoms with Gasteiger partial charge in [-0.3, -0.25) is 0 Å². The van der Waals surface area contributed by atoms with Gasteiger partial charge in [0.15, 0.2) is 5.69 Å². The van der Waals surface area contributed by atoms with Crippen LogP contribution in [-0.2, 0) is 0 Å². The van der Waals surface area contributed by atoms with Crippen LogP contribution < -0.4 is 0 Å². The minimum atomic E-state index is -1.09. The SMILES string of the molecule is Cc1ccc(-n2nccn2)c(C(=O)O)n1. The van der Waals surface area contributed by atoms with Gasteiger partial charge in [-0.2, -0.15) is 10.2 Å². The lowest BCUT2D eigenvalue weighted by Gasteiger charge is -2.04. The molecule has 1 N–H and O–H groups in total. The molecule has 0 aliphatic heterocycles. The minimum absolute atomic E-state index is 0.0498. The van der Waals surface area contributed by atoms with Crippen molar-refractivity contribution >= 4 is 5.97 Å². The Morgan fingerprint density at radius 2 is 2.00 bits per heavy atom. The van der Waals surface area contributed by atoms with E-state index < -0.39 is 5.97 Å². The van der Waals surface area contributed by atoms with Gasteiger partial charge in [0.05, 0.1) is 12.4 Å². The lowest BCUT2D eigenvalue weighted by Crippen LogP contribution is -2.10. The number of hydrogen-bond acceptors (Lipinski definition) is 4. The van der Waals surface area contributed by atoms with Crippen LogP contribution in [0.3, 0.4) is 0 Å². The summed E-state index contributed by atoms with van der Waals surface area (Å²) >= 11 is 0. The van der Waals surface area contributed by atoms with E-state index in [4.69, 9.17) is 5.11 Å². The first-order valence-electron chi connectivity index (χ1n) is 4.26. The highest BCUT2D eigenvalue weighted by molar-refractivity contribution is 5.89. The molecule has 76 valence electrons. The normalized spacial score (nSPS) is 10.2. The molecule has 2 aromatic heterocycles. The van der Waals surface area contributed by atoms with E-state index in [1.54, 1.807) is 19.1 Å². The van der Waals surface area contributed by atoms with Crippen LogP contribution in [0.15, 0.2) is 24.5 Å². The molecule has 0 amide bonds. The van der Waals surface area contributed by atoms with Gasteiger partial charge in [-0.1, -0.05) is 0 Å². The van der Waals surface area contributed by atoms with Crippen LogP contribution in [0.4, 0.5) is 0 Å². The number of pyridine rings is 1. The standard InChI is InChI=1S/C9H8N4O2/c1-6-2-3-7(8(12-6)9(14)15)13-10-4-5-11-13/h2-5H,1H3,(H,14,15). The molecule has 0 saturated carbocycles. The van der Waals surface area contributed by atoms with Crippen molar-refractivity contribution in [2.24, 2.45) is 0 Å². The number of aromatic nitrogens is 4. The van der Waals surface area contributed by atoms with Crippen LogP contribution in [0.25, 0.3) is 5.69 Å². The topological polar surface area (TPSA) is 80.9 Å². The van der Waals surface area contributed by atoms with Crippen LogP contribution in [0.1, 0.15) is 16.2 Å². The molecule has 0 radical (unpaired) electrons. The Bertz CT molecular complexity index is 493. The van der Waals surface area contributed by atoms with E-state index in [9.17, 15) is 4.79 Å². The highest BCUT2D eigenvalue weighted by Crippen LogP contribution is 2.10. The van der Waals surface area contributed by atoms with Crippen LogP contribution in [-0.4, -0.2) is 31.1 Å². The Balaban J connectivity index is 2.61. The summed E-state index contributed by atoms with van der Waals surface area (Å²) in [5, 5.41) is 16.7. The number of carboxylic acids is 1. The molecule has 0 aliphatic carbocycles. The van der Waals surface area contributed by atoms with E-state index in [1.807, 2.05) is 0 Å². The molecule has 15 heavy (non-hydrogen) atoms. The molecule has 0 saturated heterocycles. The summed E-state index contributed by atoms with van der Waals surface area (Å²) < 4.78 is 0. The van der Waals surface area contributed by atoms with E-state index in [-0.39, 0.29) is 5.69 Å². The Labute approximate surface area is 85.2 Å². The predicted octanol–water partition coefficient (Wildman–Crippen LogP) is 0.669. The van der Waals surface area contributed by atoms with Crippen molar-refractivity contribution in [2.45, 2.75) is 6.92 Å². The zero-order chi connectivity index (χ0) is 10.8. The smallest absolute Gasteiger partial charge is 0.356 e. The molecule has 0 aliphatic rings. The van der Waals surface area contributed by atoms with Crippen molar-refractivity contribution in [3.63, 3.8) is 0 Å². The number of nitrogens with zero attached hydrogens (tertiary/aromatic N) is 4. The van der Waals surface area contributed by atoms with Crippen LogP contribution in [0, 0.1) is 6.92 Å². The van der Waals surface area contributed by atoms with E-state index in [0.717, 1.165) is 0 Å². The van der Waals surface area contributed by atoms with Crippen LogP contribution >= 0.6 is 0 Å². The largest absolute Gasteiger partial charge is 0.476 e. The van der Waals surface area contributed by atoms with Gasteiger partial charge in [0.2, 0.25) is 0 Å². The molecule has 2 heterocycles. The summed E-state index contributed by atoms with van der Waals surface area (Å²) in [6, 6.07) is 3.34. The van der Waals surface area contributed by atoms with Gasteiger partial charge in [0, 0.05) is 5.69 Å². The summed E-state index contributed by atoms with van der Waals surface area (Å²) in [6.45, 7) is 1.73. The molecule has 6 nitrogen and oxygen atoms in total. The van der Waals surface area contributed by atoms with Gasteiger partial charge < -0.3 is 5.11 Å². The lowest BCUT2D eigenvalue weighted by molar-refractivity contribution is 0.0690. The second-order valence-electron chi connectivity index (χ2n) is 2.94. The number of carbonyl (C=O) groups is 1. The summed E-state index contributed by atoms with van der Waals surface area (Å²) in [7, 11) is 0. The average Bonchev–Trinajstić information content (AvgIpc) is 2.70. The van der Waals surface area contributed by atoms with E-state index in [2.05, 4.69) is 15.2 Å². The first kappa shape index (κ1) is 9.32. The molecule has 2 rings (SSSR count). The van der Waals surface area contributed by atoms with Crippen molar-refractivity contribution in [1.82, 2.24) is 20.0 Å². The fraction of sp³-hybridized carbons (Fsp3) is 0.111. The van der Waals surface area contributed by atoms with Gasteiger partial charge >= 0.3 is 5.97 Å². The maximum absolute atomic E-state index is 10.9. The molecule has 0 aromatic carbocycles. The Morgan fingerprint density at radius 1 is 1.33 bits per heavy atom. The molecule has 0 fully saturated rings. The Kier molecular flexibility index (Phi) is 2.17. The van der Waals surface area contributed by atoms with Gasteiger partial charge in [-0.05, 0) is 19.1 Å².